The molecule has 2 aliphatic rings. The van der Waals surface area contributed by atoms with E-state index in [1.54, 1.807) is 0 Å². The lowest BCUT2D eigenvalue weighted by Crippen LogP contribution is -2.29. The first-order valence-electron chi connectivity index (χ1n) is 16.5. The van der Waals surface area contributed by atoms with Crippen molar-refractivity contribution in [1.29, 1.82) is 0 Å². The van der Waals surface area contributed by atoms with Gasteiger partial charge in [0, 0.05) is 16.8 Å². The monoisotopic (exact) mass is 601 g/mol. The van der Waals surface area contributed by atoms with Crippen molar-refractivity contribution in [2.45, 2.75) is 24.7 Å². The van der Waals surface area contributed by atoms with Crippen LogP contribution < -0.4 is 4.90 Å². The second-order valence-corrected chi connectivity index (χ2v) is 13.3. The highest BCUT2D eigenvalue weighted by molar-refractivity contribution is 5.91. The SMILES string of the molecule is CC1(C)c2ccccc2-c2cccc(N(c3ccccc3)c3cccc(C4(c5ccccc5)c5ccccc5-c5ccccc54)c3)c21. The predicted molar refractivity (Wildman–Crippen MR) is 196 cm³/mol. The first-order valence-corrected chi connectivity index (χ1v) is 16.5. The van der Waals surface area contributed by atoms with Gasteiger partial charge in [0.2, 0.25) is 0 Å². The van der Waals surface area contributed by atoms with Crippen LogP contribution in [-0.4, -0.2) is 0 Å². The summed E-state index contributed by atoms with van der Waals surface area (Å²) in [4.78, 5) is 2.47. The minimum absolute atomic E-state index is 0.151. The van der Waals surface area contributed by atoms with Crippen molar-refractivity contribution in [3.05, 3.63) is 209 Å². The molecule has 9 rings (SSSR count). The summed E-state index contributed by atoms with van der Waals surface area (Å²) in [6.07, 6.45) is 0. The van der Waals surface area contributed by atoms with Gasteiger partial charge >= 0.3 is 0 Å². The maximum absolute atomic E-state index is 2.47. The zero-order valence-corrected chi connectivity index (χ0v) is 26.7. The van der Waals surface area contributed by atoms with Crippen LogP contribution in [0.1, 0.15) is 47.2 Å². The number of benzene rings is 7. The van der Waals surface area contributed by atoms with Gasteiger partial charge in [0.1, 0.15) is 0 Å². The molecule has 224 valence electrons. The zero-order chi connectivity index (χ0) is 31.6. The first-order chi connectivity index (χ1) is 23.1. The fourth-order valence-corrected chi connectivity index (χ4v) is 8.60. The Hall–Kier alpha value is -5.66. The molecular weight excluding hydrogens is 567 g/mol. The van der Waals surface area contributed by atoms with Crippen LogP contribution >= 0.6 is 0 Å². The number of hydrogen-bond donors (Lipinski definition) is 0. The van der Waals surface area contributed by atoms with Gasteiger partial charge in [-0.2, -0.15) is 0 Å². The molecule has 0 aromatic heterocycles. The molecule has 0 fully saturated rings. The second kappa shape index (κ2) is 10.4. The smallest absolute Gasteiger partial charge is 0.0714 e. The summed E-state index contributed by atoms with van der Waals surface area (Å²) in [5.74, 6) is 0. The van der Waals surface area contributed by atoms with Crippen LogP contribution in [0, 0.1) is 0 Å². The standard InChI is InChI=1S/C46H35N/c1-45(2)40-27-12-9-25-38(40)39-26-16-30-43(44(39)45)47(34-20-7-4-8-21-34)35-22-15-19-33(31-35)46(32-17-5-3-6-18-32)41-28-13-10-23-36(41)37-24-11-14-29-42(37)46/h3-31H,1-2H3. The van der Waals surface area contributed by atoms with E-state index in [1.165, 1.54) is 61.3 Å². The third-order valence-electron chi connectivity index (χ3n) is 10.5. The maximum atomic E-state index is 2.47. The lowest BCUT2D eigenvalue weighted by Gasteiger charge is -2.36. The molecule has 0 amide bonds. The molecule has 7 aromatic rings. The van der Waals surface area contributed by atoms with Gasteiger partial charge in [0.25, 0.3) is 0 Å². The molecule has 0 saturated heterocycles. The molecule has 0 saturated carbocycles. The fraction of sp³-hybridized carbons (Fsp3) is 0.0870. The van der Waals surface area contributed by atoms with Crippen molar-refractivity contribution >= 4 is 17.1 Å². The summed E-state index contributed by atoms with van der Waals surface area (Å²) in [7, 11) is 0. The summed E-state index contributed by atoms with van der Waals surface area (Å²) in [5, 5.41) is 0. The van der Waals surface area contributed by atoms with E-state index in [9.17, 15) is 0 Å². The molecule has 1 nitrogen and oxygen atoms in total. The Labute approximate surface area is 277 Å². The van der Waals surface area contributed by atoms with Gasteiger partial charge < -0.3 is 4.90 Å². The zero-order valence-electron chi connectivity index (χ0n) is 26.7. The molecule has 47 heavy (non-hydrogen) atoms. The quantitative estimate of drug-likeness (QED) is 0.190. The normalized spacial score (nSPS) is 14.5. The molecule has 0 aliphatic heterocycles. The summed E-state index contributed by atoms with van der Waals surface area (Å²) >= 11 is 0. The summed E-state index contributed by atoms with van der Waals surface area (Å²) in [6, 6.07) is 64.9. The van der Waals surface area contributed by atoms with Crippen molar-refractivity contribution in [3.63, 3.8) is 0 Å². The van der Waals surface area contributed by atoms with Gasteiger partial charge in [0.05, 0.1) is 11.1 Å². The van der Waals surface area contributed by atoms with Crippen LogP contribution in [0.4, 0.5) is 17.1 Å². The van der Waals surface area contributed by atoms with E-state index < -0.39 is 5.41 Å². The summed E-state index contributed by atoms with van der Waals surface area (Å²) in [6.45, 7) is 4.75. The Bertz CT molecular complexity index is 2230. The van der Waals surface area contributed by atoms with Crippen LogP contribution in [0.2, 0.25) is 0 Å². The van der Waals surface area contributed by atoms with Crippen LogP contribution in [0.3, 0.4) is 0 Å². The Morgan fingerprint density at radius 1 is 0.383 bits per heavy atom. The molecule has 0 atom stereocenters. The summed E-state index contributed by atoms with van der Waals surface area (Å²) in [5.41, 5.74) is 16.1. The highest BCUT2D eigenvalue weighted by Gasteiger charge is 2.46. The highest BCUT2D eigenvalue weighted by Crippen LogP contribution is 2.58. The minimum atomic E-state index is -0.457. The van der Waals surface area contributed by atoms with Gasteiger partial charge in [0.15, 0.2) is 0 Å². The molecule has 0 heterocycles. The summed E-state index contributed by atoms with van der Waals surface area (Å²) < 4.78 is 0. The third-order valence-corrected chi connectivity index (χ3v) is 10.5. The Balaban J connectivity index is 1.32. The number of fused-ring (bicyclic) bond motifs is 6. The van der Waals surface area contributed by atoms with Gasteiger partial charge in [-0.3, -0.25) is 0 Å². The van der Waals surface area contributed by atoms with Crippen molar-refractivity contribution in [2.24, 2.45) is 0 Å². The lowest BCUT2D eigenvalue weighted by atomic mass is 9.67. The molecular formula is C46H35N. The van der Waals surface area contributed by atoms with Crippen molar-refractivity contribution in [3.8, 4) is 22.3 Å². The molecule has 0 bridgehead atoms. The molecule has 2 aliphatic carbocycles. The van der Waals surface area contributed by atoms with E-state index in [4.69, 9.17) is 0 Å². The molecule has 0 spiro atoms. The number of nitrogens with zero attached hydrogens (tertiary/aromatic N) is 1. The van der Waals surface area contributed by atoms with Gasteiger partial charge in [-0.25, -0.2) is 0 Å². The van der Waals surface area contributed by atoms with E-state index in [0.29, 0.717) is 0 Å². The van der Waals surface area contributed by atoms with Gasteiger partial charge in [-0.05, 0) is 86.0 Å². The van der Waals surface area contributed by atoms with Crippen molar-refractivity contribution in [1.82, 2.24) is 0 Å². The Morgan fingerprint density at radius 3 is 1.51 bits per heavy atom. The average molecular weight is 602 g/mol. The van der Waals surface area contributed by atoms with Crippen molar-refractivity contribution in [2.75, 3.05) is 4.90 Å². The van der Waals surface area contributed by atoms with Crippen LogP contribution in [0.25, 0.3) is 22.3 Å². The van der Waals surface area contributed by atoms with Crippen LogP contribution in [0.15, 0.2) is 176 Å². The average Bonchev–Trinajstić information content (AvgIpc) is 3.56. The molecule has 1 heteroatoms. The highest BCUT2D eigenvalue weighted by atomic mass is 15.1. The molecule has 0 unspecified atom stereocenters. The van der Waals surface area contributed by atoms with E-state index in [-0.39, 0.29) is 5.41 Å². The van der Waals surface area contributed by atoms with E-state index >= 15 is 0 Å². The number of rotatable bonds is 5. The van der Waals surface area contributed by atoms with E-state index in [0.717, 1.165) is 11.4 Å². The third kappa shape index (κ3) is 3.90. The van der Waals surface area contributed by atoms with Gasteiger partial charge in [-0.15, -0.1) is 0 Å². The molecule has 7 aromatic carbocycles. The molecule has 0 N–H and O–H groups in total. The second-order valence-electron chi connectivity index (χ2n) is 13.3. The number of para-hydroxylation sites is 1. The fourth-order valence-electron chi connectivity index (χ4n) is 8.60. The Kier molecular flexibility index (Phi) is 6.14. The topological polar surface area (TPSA) is 3.24 Å². The maximum Gasteiger partial charge on any atom is 0.0714 e. The number of hydrogen-bond acceptors (Lipinski definition) is 1. The largest absolute Gasteiger partial charge is 0.310 e. The van der Waals surface area contributed by atoms with Crippen LogP contribution in [0.5, 0.6) is 0 Å². The minimum Gasteiger partial charge on any atom is -0.310 e. The van der Waals surface area contributed by atoms with Crippen LogP contribution in [-0.2, 0) is 10.8 Å². The lowest BCUT2D eigenvalue weighted by molar-refractivity contribution is 0.661. The van der Waals surface area contributed by atoms with E-state index in [2.05, 4.69) is 195 Å². The van der Waals surface area contributed by atoms with E-state index in [1.807, 2.05) is 0 Å². The first kappa shape index (κ1) is 27.6. The number of anilines is 3. The predicted octanol–water partition coefficient (Wildman–Crippen LogP) is 11.8. The van der Waals surface area contributed by atoms with Crippen molar-refractivity contribution < 1.29 is 0 Å². The Morgan fingerprint density at radius 2 is 0.851 bits per heavy atom. The molecule has 0 radical (unpaired) electrons. The van der Waals surface area contributed by atoms with Gasteiger partial charge in [-0.1, -0.05) is 159 Å².